The Labute approximate surface area is 131 Å². The van der Waals surface area contributed by atoms with Crippen LogP contribution in [0.15, 0.2) is 66.7 Å². The van der Waals surface area contributed by atoms with Gasteiger partial charge in [-0.05, 0) is 46.3 Å². The minimum atomic E-state index is -0.521. The van der Waals surface area contributed by atoms with E-state index in [0.717, 1.165) is 14.5 Å². The minimum absolute atomic E-state index is 0.297. The monoisotopic (exact) mass is 394 g/mol. The third kappa shape index (κ3) is 2.48. The third-order valence-corrected chi connectivity index (χ3v) is 3.83. The SMILES string of the molecule is O=c1oc(-c2ccccc2)nn1-c1ccc(Br)cc1Br. The number of hydrogen-bond donors (Lipinski definition) is 0. The van der Waals surface area contributed by atoms with Crippen LogP contribution in [0.5, 0.6) is 0 Å². The molecule has 0 atom stereocenters. The van der Waals surface area contributed by atoms with E-state index in [9.17, 15) is 4.79 Å². The topological polar surface area (TPSA) is 48.0 Å². The quantitative estimate of drug-likeness (QED) is 0.658. The van der Waals surface area contributed by atoms with Gasteiger partial charge in [0, 0.05) is 14.5 Å². The third-order valence-electron chi connectivity index (χ3n) is 2.71. The van der Waals surface area contributed by atoms with Crippen LogP contribution in [0.2, 0.25) is 0 Å². The van der Waals surface area contributed by atoms with Gasteiger partial charge in [0.2, 0.25) is 5.89 Å². The number of nitrogens with zero attached hydrogens (tertiary/aromatic N) is 2. The average Bonchev–Trinajstić information content (AvgIpc) is 2.82. The van der Waals surface area contributed by atoms with Crippen LogP contribution in [0.4, 0.5) is 0 Å². The molecule has 1 heterocycles. The van der Waals surface area contributed by atoms with E-state index in [1.54, 1.807) is 6.07 Å². The molecule has 0 saturated heterocycles. The first-order chi connectivity index (χ1) is 9.65. The van der Waals surface area contributed by atoms with Gasteiger partial charge in [-0.3, -0.25) is 0 Å². The molecule has 20 heavy (non-hydrogen) atoms. The van der Waals surface area contributed by atoms with Crippen LogP contribution in [0.3, 0.4) is 0 Å². The first-order valence-corrected chi connectivity index (χ1v) is 7.35. The Balaban J connectivity index is 2.12. The summed E-state index contributed by atoms with van der Waals surface area (Å²) in [4.78, 5) is 12.0. The van der Waals surface area contributed by atoms with Gasteiger partial charge in [0.25, 0.3) is 0 Å². The molecule has 2 aromatic carbocycles. The number of halogens is 2. The zero-order valence-electron chi connectivity index (χ0n) is 10.1. The lowest BCUT2D eigenvalue weighted by Crippen LogP contribution is -2.13. The van der Waals surface area contributed by atoms with Gasteiger partial charge >= 0.3 is 5.76 Å². The summed E-state index contributed by atoms with van der Waals surface area (Å²) >= 11 is 6.78. The molecule has 3 rings (SSSR count). The maximum absolute atomic E-state index is 12.0. The Morgan fingerprint density at radius 3 is 2.50 bits per heavy atom. The smallest absolute Gasteiger partial charge is 0.387 e. The highest BCUT2D eigenvalue weighted by Gasteiger charge is 2.13. The molecule has 0 aliphatic carbocycles. The van der Waals surface area contributed by atoms with Crippen molar-refractivity contribution in [1.29, 1.82) is 0 Å². The van der Waals surface area contributed by atoms with E-state index in [4.69, 9.17) is 4.42 Å². The van der Waals surface area contributed by atoms with Gasteiger partial charge in [0.15, 0.2) is 0 Å². The maximum atomic E-state index is 12.0. The van der Waals surface area contributed by atoms with E-state index in [1.807, 2.05) is 42.5 Å². The first kappa shape index (κ1) is 13.3. The highest BCUT2D eigenvalue weighted by molar-refractivity contribution is 9.11. The van der Waals surface area contributed by atoms with E-state index in [1.165, 1.54) is 4.68 Å². The van der Waals surface area contributed by atoms with Crippen molar-refractivity contribution in [3.63, 3.8) is 0 Å². The normalized spacial score (nSPS) is 10.7. The largest absolute Gasteiger partial charge is 0.442 e. The van der Waals surface area contributed by atoms with Crippen molar-refractivity contribution in [2.75, 3.05) is 0 Å². The van der Waals surface area contributed by atoms with Crippen LogP contribution in [0.1, 0.15) is 0 Å². The molecule has 0 radical (unpaired) electrons. The molecule has 6 heteroatoms. The van der Waals surface area contributed by atoms with E-state index in [-0.39, 0.29) is 0 Å². The summed E-state index contributed by atoms with van der Waals surface area (Å²) in [7, 11) is 0. The van der Waals surface area contributed by atoms with Crippen molar-refractivity contribution >= 4 is 31.9 Å². The van der Waals surface area contributed by atoms with Crippen molar-refractivity contribution in [2.24, 2.45) is 0 Å². The molecule has 4 nitrogen and oxygen atoms in total. The highest BCUT2D eigenvalue weighted by Crippen LogP contribution is 2.24. The van der Waals surface area contributed by atoms with E-state index < -0.39 is 5.76 Å². The van der Waals surface area contributed by atoms with Crippen molar-refractivity contribution in [1.82, 2.24) is 9.78 Å². The number of aromatic nitrogens is 2. The molecule has 0 N–H and O–H groups in total. The molecular formula is C14H8Br2N2O2. The average molecular weight is 396 g/mol. The summed E-state index contributed by atoms with van der Waals surface area (Å²) in [5.41, 5.74) is 1.39. The Morgan fingerprint density at radius 2 is 1.80 bits per heavy atom. The molecule has 0 aliphatic heterocycles. The zero-order valence-corrected chi connectivity index (χ0v) is 13.3. The van der Waals surface area contributed by atoms with Crippen molar-refractivity contribution < 1.29 is 4.42 Å². The minimum Gasteiger partial charge on any atom is -0.387 e. The van der Waals surface area contributed by atoms with Crippen LogP contribution in [-0.2, 0) is 0 Å². The Kier molecular flexibility index (Phi) is 3.58. The predicted octanol–water partition coefficient (Wildman–Crippen LogP) is 4.02. The number of benzene rings is 2. The fraction of sp³-hybridized carbons (Fsp3) is 0. The molecule has 0 amide bonds. The highest BCUT2D eigenvalue weighted by atomic mass is 79.9. The summed E-state index contributed by atoms with van der Waals surface area (Å²) in [6.07, 6.45) is 0. The maximum Gasteiger partial charge on any atom is 0.442 e. The number of rotatable bonds is 2. The van der Waals surface area contributed by atoms with Crippen LogP contribution >= 0.6 is 31.9 Å². The lowest BCUT2D eigenvalue weighted by Gasteiger charge is -2.02. The van der Waals surface area contributed by atoms with Gasteiger partial charge in [-0.1, -0.05) is 34.1 Å². The fourth-order valence-electron chi connectivity index (χ4n) is 1.78. The summed E-state index contributed by atoms with van der Waals surface area (Å²) in [6, 6.07) is 14.8. The van der Waals surface area contributed by atoms with Gasteiger partial charge in [0.1, 0.15) is 0 Å². The van der Waals surface area contributed by atoms with E-state index in [0.29, 0.717) is 11.6 Å². The Bertz CT molecular complexity index is 810. The molecule has 0 bridgehead atoms. The summed E-state index contributed by atoms with van der Waals surface area (Å²) < 4.78 is 8.10. The van der Waals surface area contributed by atoms with Crippen LogP contribution in [-0.4, -0.2) is 9.78 Å². The first-order valence-electron chi connectivity index (χ1n) is 5.76. The van der Waals surface area contributed by atoms with E-state index >= 15 is 0 Å². The van der Waals surface area contributed by atoms with Crippen molar-refractivity contribution in [2.45, 2.75) is 0 Å². The van der Waals surface area contributed by atoms with Gasteiger partial charge in [0.05, 0.1) is 5.69 Å². The van der Waals surface area contributed by atoms with Gasteiger partial charge in [-0.25, -0.2) is 4.79 Å². The molecule has 0 spiro atoms. The van der Waals surface area contributed by atoms with Gasteiger partial charge in [-0.2, -0.15) is 4.68 Å². The Hall–Kier alpha value is -1.66. The second-order valence-electron chi connectivity index (χ2n) is 4.05. The molecule has 0 aliphatic rings. The molecule has 100 valence electrons. The molecule has 1 aromatic heterocycles. The number of hydrogen-bond acceptors (Lipinski definition) is 3. The second-order valence-corrected chi connectivity index (χ2v) is 5.82. The summed E-state index contributed by atoms with van der Waals surface area (Å²) in [5, 5.41) is 4.23. The predicted molar refractivity (Wildman–Crippen MR) is 82.9 cm³/mol. The van der Waals surface area contributed by atoms with E-state index in [2.05, 4.69) is 37.0 Å². The molecular weight excluding hydrogens is 388 g/mol. The molecule has 0 fully saturated rings. The summed E-state index contributed by atoms with van der Waals surface area (Å²) in [6.45, 7) is 0. The van der Waals surface area contributed by atoms with Crippen molar-refractivity contribution in [3.8, 4) is 17.1 Å². The Morgan fingerprint density at radius 1 is 1.05 bits per heavy atom. The lowest BCUT2D eigenvalue weighted by molar-refractivity contribution is 0.516. The van der Waals surface area contributed by atoms with Crippen LogP contribution in [0, 0.1) is 0 Å². The van der Waals surface area contributed by atoms with Crippen LogP contribution < -0.4 is 5.76 Å². The zero-order chi connectivity index (χ0) is 14.1. The second kappa shape index (κ2) is 5.38. The lowest BCUT2D eigenvalue weighted by atomic mass is 10.2. The molecule has 0 unspecified atom stereocenters. The van der Waals surface area contributed by atoms with Gasteiger partial charge < -0.3 is 4.42 Å². The summed E-state index contributed by atoms with van der Waals surface area (Å²) in [5.74, 6) is -0.225. The fourth-order valence-corrected chi connectivity index (χ4v) is 3.00. The van der Waals surface area contributed by atoms with Gasteiger partial charge in [-0.15, -0.1) is 5.10 Å². The van der Waals surface area contributed by atoms with Crippen LogP contribution in [0.25, 0.3) is 17.1 Å². The standard InChI is InChI=1S/C14H8Br2N2O2/c15-10-6-7-12(11(16)8-10)18-14(19)20-13(17-18)9-4-2-1-3-5-9/h1-8H. The molecule has 0 saturated carbocycles. The molecule has 3 aromatic rings. The van der Waals surface area contributed by atoms with Crippen molar-refractivity contribution in [3.05, 3.63) is 68.0 Å².